The number of hydrogen-bond acceptors (Lipinski definition) is 3. The molecule has 0 radical (unpaired) electrons. The Balaban J connectivity index is 1.39. The minimum absolute atomic E-state index is 0.00550. The molecule has 2 N–H and O–H groups in total. The van der Waals surface area contributed by atoms with Gasteiger partial charge in [-0.15, -0.1) is 0 Å². The van der Waals surface area contributed by atoms with Crippen LogP contribution in [0.2, 0.25) is 0 Å². The van der Waals surface area contributed by atoms with E-state index in [1.807, 2.05) is 42.5 Å². The van der Waals surface area contributed by atoms with Crippen molar-refractivity contribution >= 4 is 11.8 Å². The Morgan fingerprint density at radius 2 is 1.62 bits per heavy atom. The van der Waals surface area contributed by atoms with Crippen LogP contribution in [0.5, 0.6) is 11.5 Å². The summed E-state index contributed by atoms with van der Waals surface area (Å²) in [5.74, 6) is 1.83. The van der Waals surface area contributed by atoms with Crippen LogP contribution in [0.15, 0.2) is 79.4 Å². The third kappa shape index (κ3) is 4.60. The van der Waals surface area contributed by atoms with E-state index in [9.17, 15) is 9.59 Å². The van der Waals surface area contributed by atoms with E-state index in [1.165, 1.54) is 11.6 Å². The maximum Gasteiger partial charge on any atom is 0.251 e. The summed E-state index contributed by atoms with van der Waals surface area (Å²) in [6.45, 7) is 4.08. The van der Waals surface area contributed by atoms with E-state index < -0.39 is 0 Å². The molecular formula is C29H28N2O3. The van der Waals surface area contributed by atoms with Gasteiger partial charge < -0.3 is 15.4 Å². The lowest BCUT2D eigenvalue weighted by molar-refractivity contribution is -0.117. The molecule has 0 unspecified atom stereocenters. The van der Waals surface area contributed by atoms with Gasteiger partial charge in [0.1, 0.15) is 11.5 Å². The number of nitrogens with one attached hydrogen (secondary N) is 2. The first-order chi connectivity index (χ1) is 16.6. The molecule has 2 aliphatic rings. The zero-order valence-electron chi connectivity index (χ0n) is 19.1. The second-order valence-corrected chi connectivity index (χ2v) is 8.98. The number of carbonyl (C=O) groups excluding carboxylic acids is 2. The van der Waals surface area contributed by atoms with Crippen molar-refractivity contribution in [2.24, 2.45) is 0 Å². The molecule has 5 rings (SSSR count). The van der Waals surface area contributed by atoms with Gasteiger partial charge in [0.25, 0.3) is 5.91 Å². The van der Waals surface area contributed by atoms with Gasteiger partial charge >= 0.3 is 0 Å². The molecular weight excluding hydrogens is 424 g/mol. The molecule has 1 heterocycles. The lowest BCUT2D eigenvalue weighted by Gasteiger charge is -2.29. The second kappa shape index (κ2) is 9.56. The van der Waals surface area contributed by atoms with E-state index in [2.05, 4.69) is 41.5 Å². The first kappa shape index (κ1) is 22.0. The van der Waals surface area contributed by atoms with Crippen LogP contribution >= 0.6 is 0 Å². The van der Waals surface area contributed by atoms with Crippen LogP contribution in [-0.4, -0.2) is 17.9 Å². The van der Waals surface area contributed by atoms with Crippen LogP contribution in [0.3, 0.4) is 0 Å². The number of amides is 2. The van der Waals surface area contributed by atoms with Crippen molar-refractivity contribution in [2.45, 2.75) is 44.2 Å². The number of rotatable bonds is 6. The van der Waals surface area contributed by atoms with Crippen molar-refractivity contribution in [3.05, 3.63) is 96.1 Å². The number of ether oxygens (including phenoxy) is 1. The van der Waals surface area contributed by atoms with Crippen LogP contribution in [0.1, 0.15) is 53.1 Å². The second-order valence-electron chi connectivity index (χ2n) is 8.98. The lowest BCUT2D eigenvalue weighted by atomic mass is 9.79. The van der Waals surface area contributed by atoms with Crippen molar-refractivity contribution in [1.82, 2.24) is 10.6 Å². The molecule has 5 nitrogen and oxygen atoms in total. The van der Waals surface area contributed by atoms with Gasteiger partial charge in [-0.2, -0.15) is 0 Å². The molecule has 172 valence electrons. The fraction of sp³-hybridized carbons (Fsp3) is 0.241. The minimum atomic E-state index is -0.111. The summed E-state index contributed by atoms with van der Waals surface area (Å²) in [6.07, 6.45) is 5.13. The van der Waals surface area contributed by atoms with E-state index in [0.717, 1.165) is 59.4 Å². The normalized spacial score (nSPS) is 19.1. The molecule has 0 saturated heterocycles. The van der Waals surface area contributed by atoms with Crippen LogP contribution in [0, 0.1) is 0 Å². The highest BCUT2D eigenvalue weighted by Gasteiger charge is 2.28. The monoisotopic (exact) mass is 452 g/mol. The Labute approximate surface area is 199 Å². The standard InChI is InChI=1S/C29H28N2O3/c1-2-28(32)31-22-12-8-19(9-13-22)21-16-25(27-18-30-29(33)26(27)17-21)20-10-14-24(15-11-20)34-23-6-4-3-5-7-23/h2-7,10-11,14-17,19,22H,1,8-9,12-13,18H2,(H,30,33)(H,31,32). The Hall–Kier alpha value is -3.86. The summed E-state index contributed by atoms with van der Waals surface area (Å²) < 4.78 is 5.94. The van der Waals surface area contributed by atoms with E-state index in [0.29, 0.717) is 12.5 Å². The Kier molecular flexibility index (Phi) is 6.17. The van der Waals surface area contributed by atoms with Crippen molar-refractivity contribution in [3.8, 4) is 22.6 Å². The van der Waals surface area contributed by atoms with Gasteiger partial charge in [0, 0.05) is 18.2 Å². The fourth-order valence-electron chi connectivity index (χ4n) is 5.00. The highest BCUT2D eigenvalue weighted by Crippen LogP contribution is 2.39. The first-order valence-electron chi connectivity index (χ1n) is 11.8. The number of para-hydroxylation sites is 1. The zero-order chi connectivity index (χ0) is 23.5. The minimum Gasteiger partial charge on any atom is -0.457 e. The summed E-state index contributed by atoms with van der Waals surface area (Å²) in [5.41, 5.74) is 5.20. The van der Waals surface area contributed by atoms with Gasteiger partial charge in [0.15, 0.2) is 0 Å². The van der Waals surface area contributed by atoms with Gasteiger partial charge in [0.2, 0.25) is 5.91 Å². The maximum atomic E-state index is 12.6. The van der Waals surface area contributed by atoms with Crippen LogP contribution in [-0.2, 0) is 11.3 Å². The largest absolute Gasteiger partial charge is 0.457 e. The summed E-state index contributed by atoms with van der Waals surface area (Å²) in [4.78, 5) is 24.2. The lowest BCUT2D eigenvalue weighted by Crippen LogP contribution is -2.36. The molecule has 3 aromatic carbocycles. The fourth-order valence-corrected chi connectivity index (χ4v) is 5.00. The summed E-state index contributed by atoms with van der Waals surface area (Å²) >= 11 is 0. The predicted molar refractivity (Wildman–Crippen MR) is 133 cm³/mol. The Morgan fingerprint density at radius 3 is 2.32 bits per heavy atom. The van der Waals surface area contributed by atoms with Crippen LogP contribution in [0.4, 0.5) is 0 Å². The highest BCUT2D eigenvalue weighted by molar-refractivity contribution is 6.01. The van der Waals surface area contributed by atoms with Crippen molar-refractivity contribution in [3.63, 3.8) is 0 Å². The third-order valence-electron chi connectivity index (χ3n) is 6.82. The molecule has 1 fully saturated rings. The SMILES string of the molecule is C=CC(=O)NC1CCC(c2cc3c(c(-c4ccc(Oc5ccccc5)cc4)c2)CNC3=O)CC1. The molecule has 0 bridgehead atoms. The Bertz CT molecular complexity index is 1210. The first-order valence-corrected chi connectivity index (χ1v) is 11.8. The maximum absolute atomic E-state index is 12.6. The molecule has 0 atom stereocenters. The van der Waals surface area contributed by atoms with Crippen molar-refractivity contribution in [2.75, 3.05) is 0 Å². The molecule has 5 heteroatoms. The number of benzene rings is 3. The van der Waals surface area contributed by atoms with E-state index in [1.54, 1.807) is 0 Å². The van der Waals surface area contributed by atoms with Gasteiger partial charge in [-0.3, -0.25) is 9.59 Å². The van der Waals surface area contributed by atoms with Gasteiger partial charge in [-0.1, -0.05) is 43.0 Å². The molecule has 1 aliphatic heterocycles. The third-order valence-corrected chi connectivity index (χ3v) is 6.82. The van der Waals surface area contributed by atoms with E-state index in [-0.39, 0.29) is 17.9 Å². The molecule has 0 spiro atoms. The average Bonchev–Trinajstić information content (AvgIpc) is 3.25. The highest BCUT2D eigenvalue weighted by atomic mass is 16.5. The van der Waals surface area contributed by atoms with E-state index in [4.69, 9.17) is 4.74 Å². The topological polar surface area (TPSA) is 67.4 Å². The van der Waals surface area contributed by atoms with E-state index >= 15 is 0 Å². The van der Waals surface area contributed by atoms with Crippen molar-refractivity contribution < 1.29 is 14.3 Å². The smallest absolute Gasteiger partial charge is 0.251 e. The number of hydrogen-bond donors (Lipinski definition) is 2. The number of fused-ring (bicyclic) bond motifs is 1. The summed E-state index contributed by atoms with van der Waals surface area (Å²) in [7, 11) is 0. The van der Waals surface area contributed by atoms with Crippen molar-refractivity contribution in [1.29, 1.82) is 0 Å². The van der Waals surface area contributed by atoms with Gasteiger partial charge in [-0.05, 0) is 90.3 Å². The molecule has 1 aliphatic carbocycles. The average molecular weight is 453 g/mol. The predicted octanol–water partition coefficient (Wildman–Crippen LogP) is 5.72. The Morgan fingerprint density at radius 1 is 0.941 bits per heavy atom. The van der Waals surface area contributed by atoms with Gasteiger partial charge in [0.05, 0.1) is 0 Å². The molecule has 34 heavy (non-hydrogen) atoms. The van der Waals surface area contributed by atoms with Crippen LogP contribution in [0.25, 0.3) is 11.1 Å². The summed E-state index contributed by atoms with van der Waals surface area (Å²) in [6, 6.07) is 22.3. The molecule has 1 saturated carbocycles. The van der Waals surface area contributed by atoms with Crippen LogP contribution < -0.4 is 15.4 Å². The number of carbonyl (C=O) groups is 2. The molecule has 3 aromatic rings. The summed E-state index contributed by atoms with van der Waals surface area (Å²) in [5, 5.41) is 6.00. The zero-order valence-corrected chi connectivity index (χ0v) is 19.1. The molecule has 2 amide bonds. The van der Waals surface area contributed by atoms with Gasteiger partial charge in [-0.25, -0.2) is 0 Å². The quantitative estimate of drug-likeness (QED) is 0.470. The molecule has 0 aromatic heterocycles.